The van der Waals surface area contributed by atoms with Crippen LogP contribution in [0.3, 0.4) is 0 Å². The van der Waals surface area contributed by atoms with Crippen molar-refractivity contribution in [2.75, 3.05) is 53.0 Å². The van der Waals surface area contributed by atoms with Gasteiger partial charge in [0.15, 0.2) is 11.5 Å². The van der Waals surface area contributed by atoms with Crippen molar-refractivity contribution in [3.63, 3.8) is 0 Å². The van der Waals surface area contributed by atoms with E-state index < -0.39 is 0 Å². The monoisotopic (exact) mass is 383 g/mol. The first-order valence-corrected chi connectivity index (χ1v) is 10.1. The van der Waals surface area contributed by atoms with E-state index in [9.17, 15) is 0 Å². The van der Waals surface area contributed by atoms with Crippen molar-refractivity contribution in [3.05, 3.63) is 22.7 Å². The number of hydrogen-bond acceptors (Lipinski definition) is 5. The quantitative estimate of drug-likeness (QED) is 0.671. The van der Waals surface area contributed by atoms with Crippen LogP contribution in [0, 0.1) is 0 Å². The zero-order valence-corrected chi connectivity index (χ0v) is 17.4. The van der Waals surface area contributed by atoms with Gasteiger partial charge in [-0.25, -0.2) is 0 Å². The van der Waals surface area contributed by atoms with Gasteiger partial charge in [0.05, 0.1) is 18.2 Å². The van der Waals surface area contributed by atoms with Gasteiger partial charge in [0, 0.05) is 45.3 Å². The molecule has 0 saturated carbocycles. The summed E-state index contributed by atoms with van der Waals surface area (Å²) in [5.41, 5.74) is 1.12. The Morgan fingerprint density at radius 3 is 2.54 bits per heavy atom. The van der Waals surface area contributed by atoms with Crippen LogP contribution >= 0.6 is 11.6 Å². The number of likely N-dealkylation sites (N-methyl/N-ethyl adjacent to an activating group) is 1. The topological polar surface area (TPSA) is 37.0 Å². The van der Waals surface area contributed by atoms with Crippen LogP contribution in [0.1, 0.15) is 32.8 Å². The second-order valence-electron chi connectivity index (χ2n) is 7.01. The predicted octanol–water partition coefficient (Wildman–Crippen LogP) is 3.25. The number of piperazine rings is 1. The third kappa shape index (κ3) is 6.31. The van der Waals surface area contributed by atoms with Crippen molar-refractivity contribution in [3.8, 4) is 11.5 Å². The zero-order chi connectivity index (χ0) is 18.9. The van der Waals surface area contributed by atoms with Gasteiger partial charge in [-0.3, -0.25) is 4.90 Å². The van der Waals surface area contributed by atoms with Crippen molar-refractivity contribution in [2.45, 2.75) is 39.8 Å². The van der Waals surface area contributed by atoms with Crippen molar-refractivity contribution in [1.29, 1.82) is 0 Å². The van der Waals surface area contributed by atoms with Crippen molar-refractivity contribution in [2.24, 2.45) is 0 Å². The Labute approximate surface area is 163 Å². The van der Waals surface area contributed by atoms with Gasteiger partial charge in [-0.1, -0.05) is 18.5 Å². The average molecular weight is 384 g/mol. The molecule has 26 heavy (non-hydrogen) atoms. The molecular weight excluding hydrogens is 350 g/mol. The van der Waals surface area contributed by atoms with E-state index in [2.05, 4.69) is 36.0 Å². The number of rotatable bonds is 10. The second kappa shape index (κ2) is 11.0. The second-order valence-corrected chi connectivity index (χ2v) is 7.41. The molecule has 1 aliphatic rings. The molecule has 0 spiro atoms. The lowest BCUT2D eigenvalue weighted by Gasteiger charge is -2.36. The lowest BCUT2D eigenvalue weighted by Crippen LogP contribution is -2.50. The van der Waals surface area contributed by atoms with Crippen LogP contribution in [0.2, 0.25) is 5.02 Å². The van der Waals surface area contributed by atoms with Crippen LogP contribution in [0.25, 0.3) is 0 Å². The predicted molar refractivity (Wildman–Crippen MR) is 109 cm³/mol. The molecule has 1 heterocycles. The van der Waals surface area contributed by atoms with Crippen LogP contribution in [0.5, 0.6) is 11.5 Å². The normalized spacial score (nSPS) is 17.3. The van der Waals surface area contributed by atoms with E-state index >= 15 is 0 Å². The Morgan fingerprint density at radius 1 is 1.15 bits per heavy atom. The number of nitrogens with one attached hydrogen (secondary N) is 1. The molecule has 1 aromatic rings. The Hall–Kier alpha value is -1.01. The third-order valence-corrected chi connectivity index (χ3v) is 5.03. The summed E-state index contributed by atoms with van der Waals surface area (Å²) in [6, 6.07) is 4.54. The maximum absolute atomic E-state index is 6.44. The lowest BCUT2D eigenvalue weighted by molar-refractivity contribution is 0.118. The summed E-state index contributed by atoms with van der Waals surface area (Å²) in [6.45, 7) is 13.9. The van der Waals surface area contributed by atoms with E-state index in [1.807, 2.05) is 19.1 Å². The summed E-state index contributed by atoms with van der Waals surface area (Å²) in [5.74, 6) is 1.39. The molecule has 1 N–H and O–H groups in total. The van der Waals surface area contributed by atoms with Gasteiger partial charge >= 0.3 is 0 Å². The van der Waals surface area contributed by atoms with Crippen molar-refractivity contribution in [1.82, 2.24) is 15.1 Å². The van der Waals surface area contributed by atoms with Crippen molar-refractivity contribution >= 4 is 11.6 Å². The molecule has 0 aromatic heterocycles. The largest absolute Gasteiger partial charge is 0.490 e. The molecule has 6 heteroatoms. The third-order valence-electron chi connectivity index (χ3n) is 4.75. The van der Waals surface area contributed by atoms with Crippen LogP contribution in [0.15, 0.2) is 12.1 Å². The molecule has 1 saturated heterocycles. The van der Waals surface area contributed by atoms with Crippen LogP contribution < -0.4 is 14.8 Å². The Kier molecular flexibility index (Phi) is 8.99. The summed E-state index contributed by atoms with van der Waals surface area (Å²) in [5, 5.41) is 4.18. The molecule has 1 fully saturated rings. The maximum Gasteiger partial charge on any atom is 0.179 e. The summed E-state index contributed by atoms with van der Waals surface area (Å²) < 4.78 is 11.5. The summed E-state index contributed by atoms with van der Waals surface area (Å²) >= 11 is 6.44. The first kappa shape index (κ1) is 21.3. The first-order chi connectivity index (χ1) is 12.5. The first-order valence-electron chi connectivity index (χ1n) is 9.76. The Balaban J connectivity index is 1.90. The number of hydrogen-bond donors (Lipinski definition) is 1. The summed E-state index contributed by atoms with van der Waals surface area (Å²) in [7, 11) is 2.19. The highest BCUT2D eigenvalue weighted by molar-refractivity contribution is 6.32. The fourth-order valence-corrected chi connectivity index (χ4v) is 3.44. The summed E-state index contributed by atoms with van der Waals surface area (Å²) in [6.07, 6.45) is 0.940. The molecule has 5 nitrogen and oxygen atoms in total. The number of halogens is 1. The molecule has 1 aliphatic heterocycles. The lowest BCUT2D eigenvalue weighted by atomic mass is 10.2. The van der Waals surface area contributed by atoms with Gasteiger partial charge in [-0.2, -0.15) is 0 Å². The minimum absolute atomic E-state index is 0.526. The van der Waals surface area contributed by atoms with Gasteiger partial charge in [0.2, 0.25) is 0 Å². The standard InChI is InChI=1S/C20H34ClN3O2/c1-5-11-26-20-18(21)12-17(13-19(20)25-6-2)15-22-14-16(3)24-9-7-23(4)8-10-24/h12-13,16,22H,5-11,14-15H2,1-4H3. The fourth-order valence-electron chi connectivity index (χ4n) is 3.15. The Morgan fingerprint density at radius 2 is 1.88 bits per heavy atom. The molecule has 148 valence electrons. The molecule has 2 rings (SSSR count). The number of nitrogens with zero attached hydrogens (tertiary/aromatic N) is 2. The number of benzene rings is 1. The highest BCUT2D eigenvalue weighted by Crippen LogP contribution is 2.36. The van der Waals surface area contributed by atoms with E-state index in [0.29, 0.717) is 30.0 Å². The van der Waals surface area contributed by atoms with Gasteiger partial charge in [0.1, 0.15) is 0 Å². The van der Waals surface area contributed by atoms with Gasteiger partial charge in [0.25, 0.3) is 0 Å². The van der Waals surface area contributed by atoms with E-state index in [-0.39, 0.29) is 0 Å². The molecule has 1 unspecified atom stereocenters. The van der Waals surface area contributed by atoms with Crippen LogP contribution in [-0.4, -0.2) is 68.8 Å². The molecule has 0 amide bonds. The maximum atomic E-state index is 6.44. The van der Waals surface area contributed by atoms with E-state index in [1.165, 1.54) is 0 Å². The SMILES string of the molecule is CCCOc1c(Cl)cc(CNCC(C)N2CCN(C)CC2)cc1OCC. The van der Waals surface area contributed by atoms with Crippen molar-refractivity contribution < 1.29 is 9.47 Å². The average Bonchev–Trinajstić information content (AvgIpc) is 2.62. The molecule has 0 radical (unpaired) electrons. The Bertz CT molecular complexity index is 548. The zero-order valence-electron chi connectivity index (χ0n) is 16.7. The highest BCUT2D eigenvalue weighted by atomic mass is 35.5. The van der Waals surface area contributed by atoms with Gasteiger partial charge in [-0.05, 0) is 45.0 Å². The smallest absolute Gasteiger partial charge is 0.179 e. The summed E-state index contributed by atoms with van der Waals surface area (Å²) in [4.78, 5) is 4.93. The van der Waals surface area contributed by atoms with Gasteiger partial charge in [-0.15, -0.1) is 0 Å². The van der Waals surface area contributed by atoms with E-state index in [1.54, 1.807) is 0 Å². The van der Waals surface area contributed by atoms with Crippen LogP contribution in [-0.2, 0) is 6.54 Å². The molecule has 1 atom stereocenters. The minimum Gasteiger partial charge on any atom is -0.490 e. The highest BCUT2D eigenvalue weighted by Gasteiger charge is 2.19. The fraction of sp³-hybridized carbons (Fsp3) is 0.700. The molecule has 0 bridgehead atoms. The van der Waals surface area contributed by atoms with E-state index in [0.717, 1.165) is 57.0 Å². The molecule has 1 aromatic carbocycles. The van der Waals surface area contributed by atoms with Crippen LogP contribution in [0.4, 0.5) is 0 Å². The molecule has 0 aliphatic carbocycles. The van der Waals surface area contributed by atoms with E-state index in [4.69, 9.17) is 21.1 Å². The number of ether oxygens (including phenoxy) is 2. The minimum atomic E-state index is 0.526. The molecular formula is C20H34ClN3O2. The van der Waals surface area contributed by atoms with Gasteiger partial charge < -0.3 is 19.7 Å².